The van der Waals surface area contributed by atoms with E-state index in [1.807, 2.05) is 6.07 Å². The molecule has 16 heavy (non-hydrogen) atoms. The number of aliphatic hydroxyl groups excluding tert-OH is 1. The Hall–Kier alpha value is -1.58. The maximum atomic E-state index is 11.3. The number of hydrogen-bond acceptors (Lipinski definition) is 4. The monoisotopic (exact) mass is 242 g/mol. The topological polar surface area (TPSA) is 90.9 Å². The molecular formula is C9H11ClN4O2. The lowest BCUT2D eigenvalue weighted by Gasteiger charge is -2.07. The number of carbonyl (C=O) groups is 1. The second-order valence-corrected chi connectivity index (χ2v) is 3.33. The van der Waals surface area contributed by atoms with E-state index in [4.69, 9.17) is 22.0 Å². The quantitative estimate of drug-likeness (QED) is 0.728. The third-order valence-corrected chi connectivity index (χ3v) is 2.04. The normalized spacial score (nSPS) is 9.81. The number of carbonyl (C=O) groups excluding carboxylic acids is 1. The highest BCUT2D eigenvalue weighted by Gasteiger charge is 2.12. The summed E-state index contributed by atoms with van der Waals surface area (Å²) in [6.45, 7) is 0.100. The Morgan fingerprint density at radius 1 is 1.75 bits per heavy atom. The minimum atomic E-state index is -0.286. The second kappa shape index (κ2) is 6.10. The van der Waals surface area contributed by atoms with Gasteiger partial charge in [-0.15, -0.1) is 11.6 Å². The molecule has 0 saturated carbocycles. The van der Waals surface area contributed by atoms with Gasteiger partial charge in [-0.3, -0.25) is 4.79 Å². The summed E-state index contributed by atoms with van der Waals surface area (Å²) >= 11 is 5.42. The summed E-state index contributed by atoms with van der Waals surface area (Å²) in [4.78, 5) is 11.3. The molecule has 1 aromatic rings. The summed E-state index contributed by atoms with van der Waals surface area (Å²) in [5.41, 5.74) is 0.261. The lowest BCUT2D eigenvalue weighted by atomic mass is 10.3. The first-order chi connectivity index (χ1) is 7.72. The number of nitrogens with one attached hydrogen (secondary N) is 1. The van der Waals surface area contributed by atoms with Crippen molar-refractivity contribution in [2.45, 2.75) is 13.0 Å². The number of halogens is 1. The molecule has 0 aliphatic carbocycles. The third kappa shape index (κ3) is 2.95. The molecule has 7 heteroatoms. The van der Waals surface area contributed by atoms with E-state index >= 15 is 0 Å². The van der Waals surface area contributed by atoms with Crippen molar-refractivity contribution in [3.8, 4) is 6.07 Å². The maximum absolute atomic E-state index is 11.3. The second-order valence-electron chi connectivity index (χ2n) is 2.95. The van der Waals surface area contributed by atoms with E-state index < -0.39 is 0 Å². The summed E-state index contributed by atoms with van der Waals surface area (Å²) in [6, 6.07) is 1.91. The number of aliphatic hydroxyl groups is 1. The zero-order valence-corrected chi connectivity index (χ0v) is 9.24. The molecule has 2 N–H and O–H groups in total. The fourth-order valence-corrected chi connectivity index (χ4v) is 1.32. The Morgan fingerprint density at radius 3 is 3.06 bits per heavy atom. The first-order valence-corrected chi connectivity index (χ1v) is 5.19. The van der Waals surface area contributed by atoms with Crippen molar-refractivity contribution in [2.24, 2.45) is 0 Å². The Bertz CT molecular complexity index is 410. The van der Waals surface area contributed by atoms with E-state index in [1.165, 1.54) is 10.9 Å². The van der Waals surface area contributed by atoms with E-state index in [9.17, 15) is 4.79 Å². The minimum absolute atomic E-state index is 0.120. The van der Waals surface area contributed by atoms with Crippen LogP contribution < -0.4 is 5.32 Å². The highest BCUT2D eigenvalue weighted by Crippen LogP contribution is 2.14. The smallest absolute Gasteiger partial charge is 0.226 e. The molecule has 86 valence electrons. The molecule has 0 radical (unpaired) electrons. The first-order valence-electron chi connectivity index (χ1n) is 4.65. The van der Waals surface area contributed by atoms with Gasteiger partial charge in [0.05, 0.1) is 19.3 Å². The molecule has 1 rings (SSSR count). The highest BCUT2D eigenvalue weighted by atomic mass is 35.5. The molecule has 0 atom stereocenters. The molecular weight excluding hydrogens is 232 g/mol. The number of aromatic nitrogens is 2. The fourth-order valence-electron chi connectivity index (χ4n) is 1.14. The average molecular weight is 243 g/mol. The Balaban J connectivity index is 2.87. The Morgan fingerprint density at radius 2 is 2.50 bits per heavy atom. The van der Waals surface area contributed by atoms with Gasteiger partial charge in [0.25, 0.3) is 0 Å². The minimum Gasteiger partial charge on any atom is -0.394 e. The number of alkyl halides is 1. The van der Waals surface area contributed by atoms with Crippen LogP contribution in [-0.2, 0) is 11.3 Å². The van der Waals surface area contributed by atoms with Crippen LogP contribution in [0.2, 0.25) is 0 Å². The van der Waals surface area contributed by atoms with Crippen LogP contribution in [0.1, 0.15) is 12.0 Å². The number of rotatable bonds is 5. The van der Waals surface area contributed by atoms with Crippen LogP contribution >= 0.6 is 11.6 Å². The molecule has 1 heterocycles. The standard InChI is InChI=1S/C9H11ClN4O2/c10-2-1-8(16)13-9-7(5-11)6-12-14(9)3-4-15/h6,15H,1-4H2,(H,13,16). The largest absolute Gasteiger partial charge is 0.394 e. The van der Waals surface area contributed by atoms with Crippen molar-refractivity contribution in [3.63, 3.8) is 0 Å². The predicted molar refractivity (Wildman–Crippen MR) is 58.0 cm³/mol. The maximum Gasteiger partial charge on any atom is 0.226 e. The lowest BCUT2D eigenvalue weighted by Crippen LogP contribution is -2.17. The molecule has 0 unspecified atom stereocenters. The van der Waals surface area contributed by atoms with Crippen molar-refractivity contribution < 1.29 is 9.90 Å². The van der Waals surface area contributed by atoms with Crippen molar-refractivity contribution in [2.75, 3.05) is 17.8 Å². The van der Waals surface area contributed by atoms with Gasteiger partial charge in [0, 0.05) is 12.3 Å². The Labute approximate surface area is 97.4 Å². The summed E-state index contributed by atoms with van der Waals surface area (Å²) in [7, 11) is 0. The van der Waals surface area contributed by atoms with Crippen LogP contribution in [0.15, 0.2) is 6.20 Å². The molecule has 6 nitrogen and oxygen atoms in total. The van der Waals surface area contributed by atoms with Crippen molar-refractivity contribution in [1.82, 2.24) is 9.78 Å². The van der Waals surface area contributed by atoms with Crippen LogP contribution in [0.25, 0.3) is 0 Å². The van der Waals surface area contributed by atoms with Crippen LogP contribution in [-0.4, -0.2) is 33.3 Å². The van der Waals surface area contributed by atoms with E-state index in [0.29, 0.717) is 5.82 Å². The van der Waals surface area contributed by atoms with Crippen molar-refractivity contribution >= 4 is 23.3 Å². The van der Waals surface area contributed by atoms with Crippen LogP contribution in [0.3, 0.4) is 0 Å². The summed E-state index contributed by atoms with van der Waals surface area (Å²) in [5, 5.41) is 24.0. The first kappa shape index (κ1) is 12.5. The number of nitrogens with zero attached hydrogens (tertiary/aromatic N) is 3. The van der Waals surface area contributed by atoms with Gasteiger partial charge >= 0.3 is 0 Å². The zero-order valence-electron chi connectivity index (χ0n) is 8.48. The molecule has 1 aromatic heterocycles. The molecule has 0 aliphatic rings. The highest BCUT2D eigenvalue weighted by molar-refractivity contribution is 6.19. The van der Waals surface area contributed by atoms with E-state index in [1.54, 1.807) is 0 Å². The molecule has 0 aliphatic heterocycles. The van der Waals surface area contributed by atoms with E-state index in [0.717, 1.165) is 0 Å². The summed E-state index contributed by atoms with van der Waals surface area (Å²) in [5.74, 6) is 0.222. The lowest BCUT2D eigenvalue weighted by molar-refractivity contribution is -0.115. The predicted octanol–water partition coefficient (Wildman–Crippen LogP) is 0.314. The molecule has 0 aromatic carbocycles. The molecule has 1 amide bonds. The van der Waals surface area contributed by atoms with Crippen molar-refractivity contribution in [1.29, 1.82) is 5.26 Å². The summed E-state index contributed by atoms with van der Waals surface area (Å²) in [6.07, 6.45) is 1.50. The van der Waals surface area contributed by atoms with Crippen LogP contribution in [0.5, 0.6) is 0 Å². The van der Waals surface area contributed by atoms with E-state index in [-0.39, 0.29) is 36.9 Å². The summed E-state index contributed by atoms with van der Waals surface area (Å²) < 4.78 is 1.37. The molecule has 0 fully saturated rings. The van der Waals surface area contributed by atoms with Gasteiger partial charge < -0.3 is 10.4 Å². The zero-order chi connectivity index (χ0) is 12.0. The molecule has 0 spiro atoms. The number of anilines is 1. The number of nitriles is 1. The van der Waals surface area contributed by atoms with E-state index in [2.05, 4.69) is 10.4 Å². The Kier molecular flexibility index (Phi) is 4.76. The van der Waals surface area contributed by atoms with Crippen LogP contribution in [0, 0.1) is 11.3 Å². The van der Waals surface area contributed by atoms with Gasteiger partial charge in [-0.2, -0.15) is 10.4 Å². The number of amides is 1. The third-order valence-electron chi connectivity index (χ3n) is 1.85. The molecule has 0 saturated heterocycles. The van der Waals surface area contributed by atoms with Gasteiger partial charge in [-0.1, -0.05) is 0 Å². The van der Waals surface area contributed by atoms with Crippen LogP contribution in [0.4, 0.5) is 5.82 Å². The fraction of sp³-hybridized carbons (Fsp3) is 0.444. The molecule has 0 bridgehead atoms. The average Bonchev–Trinajstić information content (AvgIpc) is 2.62. The van der Waals surface area contributed by atoms with Gasteiger partial charge in [0.1, 0.15) is 17.5 Å². The number of hydrogen-bond donors (Lipinski definition) is 2. The van der Waals surface area contributed by atoms with Gasteiger partial charge in [-0.05, 0) is 0 Å². The van der Waals surface area contributed by atoms with Gasteiger partial charge in [0.2, 0.25) is 5.91 Å². The van der Waals surface area contributed by atoms with Gasteiger partial charge in [0.15, 0.2) is 0 Å². The van der Waals surface area contributed by atoms with Crippen molar-refractivity contribution in [3.05, 3.63) is 11.8 Å². The van der Waals surface area contributed by atoms with Gasteiger partial charge in [-0.25, -0.2) is 4.68 Å². The SMILES string of the molecule is N#Cc1cnn(CCO)c1NC(=O)CCCl.